The fraction of sp³-hybridized carbons (Fsp3) is 0.0500. The van der Waals surface area contributed by atoms with Crippen LogP contribution in [0.3, 0.4) is 0 Å². The molecule has 0 atom stereocenters. The molecule has 25 heavy (non-hydrogen) atoms. The van der Waals surface area contributed by atoms with E-state index in [2.05, 4.69) is 0 Å². The maximum Gasteiger partial charge on any atom is 0.339 e. The van der Waals surface area contributed by atoms with Crippen molar-refractivity contribution in [2.24, 2.45) is 0 Å². The average molecular weight is 349 g/mol. The van der Waals surface area contributed by atoms with E-state index in [1.165, 1.54) is 29.8 Å². The first-order valence-corrected chi connectivity index (χ1v) is 9.00. The molecule has 0 saturated heterocycles. The summed E-state index contributed by atoms with van der Waals surface area (Å²) in [6.07, 6.45) is 0. The normalized spacial score (nSPS) is 10.9. The van der Waals surface area contributed by atoms with Crippen LogP contribution in [-0.2, 0) is 10.1 Å². The molecule has 0 aliphatic carbocycles. The molecular formula is C20H15NO3S. The van der Waals surface area contributed by atoms with E-state index < -0.39 is 10.1 Å². The number of rotatable bonds is 4. The Labute approximate surface area is 147 Å². The summed E-state index contributed by atoms with van der Waals surface area (Å²) in [5.74, 6) is 0.236. The van der Waals surface area contributed by atoms with Crippen LogP contribution in [0, 0.1) is 18.3 Å². The first-order chi connectivity index (χ1) is 12.0. The molecule has 4 nitrogen and oxygen atoms in total. The smallest absolute Gasteiger partial charge is 0.339 e. The fourth-order valence-corrected chi connectivity index (χ4v) is 3.25. The molecule has 0 radical (unpaired) electrons. The number of aryl methyl sites for hydroxylation is 1. The Kier molecular flexibility index (Phi) is 4.55. The van der Waals surface area contributed by atoms with Crippen molar-refractivity contribution in [1.82, 2.24) is 0 Å². The molecular weight excluding hydrogens is 334 g/mol. The highest BCUT2D eigenvalue weighted by Crippen LogP contribution is 2.25. The Balaban J connectivity index is 1.80. The van der Waals surface area contributed by atoms with Gasteiger partial charge in [0.15, 0.2) is 0 Å². The predicted octanol–water partition coefficient (Wildman–Crippen LogP) is 4.30. The molecule has 124 valence electrons. The van der Waals surface area contributed by atoms with E-state index in [0.29, 0.717) is 5.56 Å². The Bertz CT molecular complexity index is 1010. The van der Waals surface area contributed by atoms with Gasteiger partial charge in [0.2, 0.25) is 0 Å². The van der Waals surface area contributed by atoms with E-state index in [4.69, 9.17) is 9.44 Å². The lowest BCUT2D eigenvalue weighted by Gasteiger charge is -2.08. The Morgan fingerprint density at radius 3 is 1.84 bits per heavy atom. The maximum absolute atomic E-state index is 12.3. The van der Waals surface area contributed by atoms with Crippen LogP contribution in [0.1, 0.15) is 11.1 Å². The standard InChI is InChI=1S/C20H15NO3S/c1-15-2-6-17(7-3-15)18-8-10-19(11-9-18)24-25(22,23)20-12-4-16(14-21)5-13-20/h2-13H,1H3. The highest BCUT2D eigenvalue weighted by atomic mass is 32.2. The number of nitriles is 1. The van der Waals surface area contributed by atoms with Gasteiger partial charge in [-0.2, -0.15) is 13.7 Å². The van der Waals surface area contributed by atoms with Crippen LogP contribution in [-0.4, -0.2) is 8.42 Å². The Morgan fingerprint density at radius 1 is 0.800 bits per heavy atom. The van der Waals surface area contributed by atoms with Crippen LogP contribution in [0.5, 0.6) is 5.75 Å². The van der Waals surface area contributed by atoms with Gasteiger partial charge in [-0.15, -0.1) is 0 Å². The molecule has 0 aliphatic heterocycles. The molecule has 0 unspecified atom stereocenters. The van der Waals surface area contributed by atoms with Gasteiger partial charge in [0.1, 0.15) is 10.6 Å². The summed E-state index contributed by atoms with van der Waals surface area (Å²) in [6, 6.07) is 22.5. The minimum atomic E-state index is -3.93. The van der Waals surface area contributed by atoms with Crippen molar-refractivity contribution in [2.45, 2.75) is 11.8 Å². The summed E-state index contributed by atoms with van der Waals surface area (Å²) >= 11 is 0. The van der Waals surface area contributed by atoms with Crippen LogP contribution < -0.4 is 4.18 Å². The maximum atomic E-state index is 12.3. The van der Waals surface area contributed by atoms with Crippen LogP contribution in [0.4, 0.5) is 0 Å². The zero-order valence-electron chi connectivity index (χ0n) is 13.5. The second kappa shape index (κ2) is 6.80. The van der Waals surface area contributed by atoms with E-state index in [1.54, 1.807) is 12.1 Å². The van der Waals surface area contributed by atoms with Crippen molar-refractivity contribution >= 4 is 10.1 Å². The van der Waals surface area contributed by atoms with Crippen LogP contribution in [0.15, 0.2) is 77.7 Å². The molecule has 3 aromatic carbocycles. The van der Waals surface area contributed by atoms with Crippen LogP contribution >= 0.6 is 0 Å². The number of hydrogen-bond acceptors (Lipinski definition) is 4. The van der Waals surface area contributed by atoms with Gasteiger partial charge in [-0.1, -0.05) is 42.0 Å². The molecule has 0 bridgehead atoms. The summed E-state index contributed by atoms with van der Waals surface area (Å²) in [4.78, 5) is 0.00844. The second-order valence-electron chi connectivity index (χ2n) is 5.56. The third-order valence-electron chi connectivity index (χ3n) is 3.72. The molecule has 3 aromatic rings. The minimum Gasteiger partial charge on any atom is -0.379 e. The average Bonchev–Trinajstić information content (AvgIpc) is 2.63. The lowest BCUT2D eigenvalue weighted by Crippen LogP contribution is -2.09. The fourth-order valence-electron chi connectivity index (χ4n) is 2.32. The van der Waals surface area contributed by atoms with E-state index in [1.807, 2.05) is 49.4 Å². The van der Waals surface area contributed by atoms with Crippen molar-refractivity contribution in [3.63, 3.8) is 0 Å². The molecule has 0 fully saturated rings. The van der Waals surface area contributed by atoms with Gasteiger partial charge in [-0.3, -0.25) is 0 Å². The van der Waals surface area contributed by atoms with Crippen LogP contribution in [0.25, 0.3) is 11.1 Å². The summed E-state index contributed by atoms with van der Waals surface area (Å²) < 4.78 is 29.7. The van der Waals surface area contributed by atoms with E-state index in [9.17, 15) is 8.42 Å². The monoisotopic (exact) mass is 349 g/mol. The summed E-state index contributed by atoms with van der Waals surface area (Å²) in [5.41, 5.74) is 3.59. The molecule has 3 rings (SSSR count). The highest BCUT2D eigenvalue weighted by molar-refractivity contribution is 7.87. The third kappa shape index (κ3) is 3.87. The third-order valence-corrected chi connectivity index (χ3v) is 4.98. The topological polar surface area (TPSA) is 67.2 Å². The zero-order chi connectivity index (χ0) is 17.9. The second-order valence-corrected chi connectivity index (χ2v) is 7.11. The summed E-state index contributed by atoms with van der Waals surface area (Å²) in [6.45, 7) is 2.02. The molecule has 0 spiro atoms. The zero-order valence-corrected chi connectivity index (χ0v) is 14.3. The van der Waals surface area contributed by atoms with Gasteiger partial charge in [0.05, 0.1) is 11.6 Å². The Morgan fingerprint density at radius 2 is 1.32 bits per heavy atom. The lowest BCUT2D eigenvalue weighted by atomic mass is 10.0. The van der Waals surface area contributed by atoms with Gasteiger partial charge in [0, 0.05) is 0 Å². The predicted molar refractivity (Wildman–Crippen MR) is 95.6 cm³/mol. The van der Waals surface area contributed by atoms with Crippen molar-refractivity contribution in [3.05, 3.63) is 83.9 Å². The largest absolute Gasteiger partial charge is 0.379 e. The molecule has 0 amide bonds. The van der Waals surface area contributed by atoms with Crippen LogP contribution in [0.2, 0.25) is 0 Å². The molecule has 0 N–H and O–H groups in total. The van der Waals surface area contributed by atoms with Gasteiger partial charge in [0.25, 0.3) is 0 Å². The van der Waals surface area contributed by atoms with Gasteiger partial charge in [-0.05, 0) is 54.4 Å². The molecule has 0 aliphatic rings. The van der Waals surface area contributed by atoms with Gasteiger partial charge >= 0.3 is 10.1 Å². The summed E-state index contributed by atoms with van der Waals surface area (Å²) in [5, 5.41) is 8.77. The molecule has 0 saturated carbocycles. The quantitative estimate of drug-likeness (QED) is 0.659. The van der Waals surface area contributed by atoms with Gasteiger partial charge < -0.3 is 4.18 Å². The number of nitrogens with zero attached hydrogens (tertiary/aromatic N) is 1. The minimum absolute atomic E-state index is 0.00844. The lowest BCUT2D eigenvalue weighted by molar-refractivity contribution is 0.486. The van der Waals surface area contributed by atoms with Crippen molar-refractivity contribution < 1.29 is 12.6 Å². The number of hydrogen-bond donors (Lipinski definition) is 0. The molecule has 5 heteroatoms. The molecule has 0 aromatic heterocycles. The molecule has 0 heterocycles. The highest BCUT2D eigenvalue weighted by Gasteiger charge is 2.16. The SMILES string of the molecule is Cc1ccc(-c2ccc(OS(=O)(=O)c3ccc(C#N)cc3)cc2)cc1. The van der Waals surface area contributed by atoms with Crippen molar-refractivity contribution in [3.8, 4) is 22.9 Å². The van der Waals surface area contributed by atoms with Gasteiger partial charge in [-0.25, -0.2) is 0 Å². The first kappa shape index (κ1) is 16.7. The number of benzene rings is 3. The van der Waals surface area contributed by atoms with Crippen molar-refractivity contribution in [2.75, 3.05) is 0 Å². The van der Waals surface area contributed by atoms with E-state index in [0.717, 1.165) is 11.1 Å². The van der Waals surface area contributed by atoms with E-state index in [-0.39, 0.29) is 10.6 Å². The Hall–Kier alpha value is -3.10. The summed E-state index contributed by atoms with van der Waals surface area (Å²) in [7, 11) is -3.93. The first-order valence-electron chi connectivity index (χ1n) is 7.60. The van der Waals surface area contributed by atoms with Crippen molar-refractivity contribution in [1.29, 1.82) is 5.26 Å². The van der Waals surface area contributed by atoms with E-state index >= 15 is 0 Å².